The number of nitrogens with two attached hydrogens (primary N) is 1. The molecule has 1 aromatic rings. The Morgan fingerprint density at radius 2 is 2.15 bits per heavy atom. The molecule has 0 saturated carbocycles. The second-order valence-corrected chi connectivity index (χ2v) is 5.81. The van der Waals surface area contributed by atoms with Crippen LogP contribution in [-0.4, -0.2) is 34.4 Å². The number of halogens is 1. The standard InChI is InChI=1S/C14H20BrN3O2/c1-9(2)18(7-6-13(16)17-20)14(19)12-5-4-11(15)8-10(12)3/h4-5,8-9,20H,6-7H2,1-3H3,(H2,16,17). The average Bonchev–Trinajstić information content (AvgIpc) is 2.37. The van der Waals surface area contributed by atoms with Crippen molar-refractivity contribution in [2.45, 2.75) is 33.2 Å². The van der Waals surface area contributed by atoms with Gasteiger partial charge >= 0.3 is 0 Å². The van der Waals surface area contributed by atoms with Gasteiger partial charge in [0.25, 0.3) is 5.91 Å². The number of amidine groups is 1. The fraction of sp³-hybridized carbons (Fsp3) is 0.429. The maximum absolute atomic E-state index is 12.6. The van der Waals surface area contributed by atoms with Crippen molar-refractivity contribution >= 4 is 27.7 Å². The molecule has 1 amide bonds. The summed E-state index contributed by atoms with van der Waals surface area (Å²) in [5.41, 5.74) is 7.05. The summed E-state index contributed by atoms with van der Waals surface area (Å²) in [5.74, 6) is 0.0757. The van der Waals surface area contributed by atoms with Crippen LogP contribution in [0.5, 0.6) is 0 Å². The molecule has 0 aliphatic carbocycles. The van der Waals surface area contributed by atoms with E-state index in [-0.39, 0.29) is 17.8 Å². The van der Waals surface area contributed by atoms with Crippen LogP contribution < -0.4 is 5.73 Å². The molecule has 110 valence electrons. The number of benzene rings is 1. The molecule has 0 saturated heterocycles. The van der Waals surface area contributed by atoms with Crippen LogP contribution in [-0.2, 0) is 0 Å². The monoisotopic (exact) mass is 341 g/mol. The second-order valence-electron chi connectivity index (χ2n) is 4.89. The third kappa shape index (κ3) is 4.23. The van der Waals surface area contributed by atoms with Gasteiger partial charge in [0.2, 0.25) is 0 Å². The number of oxime groups is 1. The molecule has 5 nitrogen and oxygen atoms in total. The lowest BCUT2D eigenvalue weighted by atomic mass is 10.1. The highest BCUT2D eigenvalue weighted by Crippen LogP contribution is 2.18. The predicted octanol–water partition coefficient (Wildman–Crippen LogP) is 2.74. The quantitative estimate of drug-likeness (QED) is 0.374. The third-order valence-corrected chi connectivity index (χ3v) is 3.53. The van der Waals surface area contributed by atoms with E-state index in [1.54, 1.807) is 11.0 Å². The van der Waals surface area contributed by atoms with Crippen molar-refractivity contribution in [3.63, 3.8) is 0 Å². The van der Waals surface area contributed by atoms with Crippen molar-refractivity contribution in [3.05, 3.63) is 33.8 Å². The first-order valence-corrected chi connectivity index (χ1v) is 7.19. The molecule has 0 aliphatic rings. The summed E-state index contributed by atoms with van der Waals surface area (Å²) in [6, 6.07) is 5.61. The number of nitrogens with zero attached hydrogens (tertiary/aromatic N) is 2. The molecule has 20 heavy (non-hydrogen) atoms. The molecule has 0 aromatic heterocycles. The first-order valence-electron chi connectivity index (χ1n) is 6.40. The fourth-order valence-electron chi connectivity index (χ4n) is 1.90. The van der Waals surface area contributed by atoms with E-state index in [0.29, 0.717) is 18.5 Å². The highest BCUT2D eigenvalue weighted by molar-refractivity contribution is 9.10. The van der Waals surface area contributed by atoms with E-state index in [0.717, 1.165) is 10.0 Å². The molecule has 0 spiro atoms. The lowest BCUT2D eigenvalue weighted by molar-refractivity contribution is 0.0710. The minimum Gasteiger partial charge on any atom is -0.409 e. The number of amides is 1. The molecule has 0 radical (unpaired) electrons. The number of carbonyl (C=O) groups is 1. The van der Waals surface area contributed by atoms with E-state index in [2.05, 4.69) is 21.1 Å². The summed E-state index contributed by atoms with van der Waals surface area (Å²) < 4.78 is 0.944. The van der Waals surface area contributed by atoms with Gasteiger partial charge in [-0.15, -0.1) is 0 Å². The zero-order chi connectivity index (χ0) is 15.3. The Kier molecular flexibility index (Phi) is 6.01. The summed E-state index contributed by atoms with van der Waals surface area (Å²) >= 11 is 3.39. The Labute approximate surface area is 127 Å². The molecular formula is C14H20BrN3O2. The summed E-state index contributed by atoms with van der Waals surface area (Å²) in [4.78, 5) is 14.3. The normalized spacial score (nSPS) is 11.8. The number of carbonyl (C=O) groups excluding carboxylic acids is 1. The Balaban J connectivity index is 2.94. The van der Waals surface area contributed by atoms with Crippen LogP contribution in [0.2, 0.25) is 0 Å². The average molecular weight is 342 g/mol. The smallest absolute Gasteiger partial charge is 0.254 e. The highest BCUT2D eigenvalue weighted by Gasteiger charge is 2.20. The van der Waals surface area contributed by atoms with Crippen LogP contribution in [0.25, 0.3) is 0 Å². The summed E-state index contributed by atoms with van der Waals surface area (Å²) in [5, 5.41) is 11.5. The lowest BCUT2D eigenvalue weighted by Gasteiger charge is -2.27. The molecular weight excluding hydrogens is 322 g/mol. The van der Waals surface area contributed by atoms with Crippen molar-refractivity contribution in [3.8, 4) is 0 Å². The van der Waals surface area contributed by atoms with Crippen LogP contribution in [0.1, 0.15) is 36.2 Å². The zero-order valence-corrected chi connectivity index (χ0v) is 13.5. The van der Waals surface area contributed by atoms with Gasteiger partial charge in [-0.25, -0.2) is 0 Å². The molecule has 0 heterocycles. The fourth-order valence-corrected chi connectivity index (χ4v) is 2.38. The van der Waals surface area contributed by atoms with Gasteiger partial charge < -0.3 is 15.8 Å². The molecule has 1 aromatic carbocycles. The number of rotatable bonds is 5. The molecule has 0 bridgehead atoms. The maximum atomic E-state index is 12.6. The van der Waals surface area contributed by atoms with Crippen molar-refractivity contribution in [2.24, 2.45) is 10.9 Å². The van der Waals surface area contributed by atoms with Gasteiger partial charge in [0, 0.05) is 29.0 Å². The van der Waals surface area contributed by atoms with E-state index >= 15 is 0 Å². The Morgan fingerprint density at radius 3 is 2.65 bits per heavy atom. The topological polar surface area (TPSA) is 78.9 Å². The van der Waals surface area contributed by atoms with E-state index < -0.39 is 0 Å². The van der Waals surface area contributed by atoms with E-state index in [9.17, 15) is 4.79 Å². The molecule has 0 atom stereocenters. The third-order valence-electron chi connectivity index (χ3n) is 3.04. The second kappa shape index (κ2) is 7.28. The maximum Gasteiger partial charge on any atom is 0.254 e. The van der Waals surface area contributed by atoms with Crippen LogP contribution in [0.3, 0.4) is 0 Å². The van der Waals surface area contributed by atoms with Gasteiger partial charge in [0.1, 0.15) is 5.84 Å². The Morgan fingerprint density at radius 1 is 1.50 bits per heavy atom. The molecule has 0 unspecified atom stereocenters. The molecule has 1 rings (SSSR count). The van der Waals surface area contributed by atoms with Crippen LogP contribution in [0.4, 0.5) is 0 Å². The molecule has 0 fully saturated rings. The molecule has 0 aliphatic heterocycles. The van der Waals surface area contributed by atoms with E-state index in [4.69, 9.17) is 10.9 Å². The minimum absolute atomic E-state index is 0.0389. The number of hydrogen-bond donors (Lipinski definition) is 2. The molecule has 6 heteroatoms. The zero-order valence-electron chi connectivity index (χ0n) is 11.9. The lowest BCUT2D eigenvalue weighted by Crippen LogP contribution is -2.39. The van der Waals surface area contributed by atoms with Crippen LogP contribution in [0.15, 0.2) is 27.8 Å². The van der Waals surface area contributed by atoms with E-state index in [1.165, 1.54) is 0 Å². The first kappa shape index (κ1) is 16.5. The minimum atomic E-state index is -0.0456. The predicted molar refractivity (Wildman–Crippen MR) is 83.1 cm³/mol. The Hall–Kier alpha value is -1.56. The van der Waals surface area contributed by atoms with Crippen molar-refractivity contribution in [2.75, 3.05) is 6.54 Å². The summed E-state index contributed by atoms with van der Waals surface area (Å²) in [6.07, 6.45) is 0.343. The highest BCUT2D eigenvalue weighted by atomic mass is 79.9. The number of hydrogen-bond acceptors (Lipinski definition) is 3. The Bertz CT molecular complexity index is 515. The van der Waals surface area contributed by atoms with Crippen molar-refractivity contribution < 1.29 is 10.0 Å². The first-order chi connectivity index (χ1) is 9.36. The molecule has 3 N–H and O–H groups in total. The summed E-state index contributed by atoms with van der Waals surface area (Å²) in [6.45, 7) is 6.21. The van der Waals surface area contributed by atoms with Gasteiger partial charge in [-0.3, -0.25) is 4.79 Å². The number of aryl methyl sites for hydroxylation is 1. The van der Waals surface area contributed by atoms with Gasteiger partial charge in [-0.1, -0.05) is 21.1 Å². The van der Waals surface area contributed by atoms with E-state index in [1.807, 2.05) is 32.9 Å². The van der Waals surface area contributed by atoms with Crippen LogP contribution >= 0.6 is 15.9 Å². The van der Waals surface area contributed by atoms with Crippen molar-refractivity contribution in [1.29, 1.82) is 0 Å². The largest absolute Gasteiger partial charge is 0.409 e. The van der Waals surface area contributed by atoms with Gasteiger partial charge in [0.05, 0.1) is 0 Å². The van der Waals surface area contributed by atoms with Crippen molar-refractivity contribution in [1.82, 2.24) is 4.90 Å². The van der Waals surface area contributed by atoms with Gasteiger partial charge in [-0.05, 0) is 44.5 Å². The SMILES string of the molecule is Cc1cc(Br)ccc1C(=O)N(CCC(N)=NO)C(C)C. The van der Waals surface area contributed by atoms with Gasteiger partial charge in [0.15, 0.2) is 0 Å². The van der Waals surface area contributed by atoms with Crippen LogP contribution in [0, 0.1) is 6.92 Å². The summed E-state index contributed by atoms with van der Waals surface area (Å²) in [7, 11) is 0. The van der Waals surface area contributed by atoms with Gasteiger partial charge in [-0.2, -0.15) is 0 Å².